The van der Waals surface area contributed by atoms with Crippen LogP contribution in [0, 0.1) is 12.3 Å². The highest BCUT2D eigenvalue weighted by Gasteiger charge is 2.29. The van der Waals surface area contributed by atoms with Crippen LogP contribution >= 0.6 is 0 Å². The molecule has 1 aromatic heterocycles. The molecule has 0 radical (unpaired) electrons. The molecule has 0 aromatic carbocycles. The fourth-order valence-electron chi connectivity index (χ4n) is 4.31. The number of hydrogen-bond acceptors (Lipinski definition) is 3. The number of fused-ring (bicyclic) bond motifs is 1. The predicted octanol–water partition coefficient (Wildman–Crippen LogP) is 3.35. The summed E-state index contributed by atoms with van der Waals surface area (Å²) in [4.78, 5) is 21.8. The molecule has 0 bridgehead atoms. The highest BCUT2D eigenvalue weighted by Crippen LogP contribution is 2.41. The van der Waals surface area contributed by atoms with E-state index in [1.165, 1.54) is 19.3 Å². The lowest BCUT2D eigenvalue weighted by atomic mass is 9.71. The molecule has 4 nitrogen and oxygen atoms in total. The quantitative estimate of drug-likeness (QED) is 0.870. The second-order valence-electron chi connectivity index (χ2n) is 7.85. The van der Waals surface area contributed by atoms with Crippen molar-refractivity contribution in [3.63, 3.8) is 0 Å². The number of nitrogens with one attached hydrogen (secondary N) is 1. The van der Waals surface area contributed by atoms with Crippen LogP contribution in [0.15, 0.2) is 15.9 Å². The van der Waals surface area contributed by atoms with Crippen LogP contribution in [-0.2, 0) is 13.0 Å². The molecular weight excluding hydrogens is 286 g/mol. The molecule has 23 heavy (non-hydrogen) atoms. The van der Waals surface area contributed by atoms with E-state index in [9.17, 15) is 4.79 Å². The Labute approximate surface area is 139 Å². The number of aryl methyl sites for hydroxylation is 1. The number of nitrogens with zero attached hydrogens (tertiary/aromatic N) is 2. The second-order valence-corrected chi connectivity index (χ2v) is 7.85. The van der Waals surface area contributed by atoms with Gasteiger partial charge in [-0.05, 0) is 51.4 Å². The van der Waals surface area contributed by atoms with E-state index < -0.39 is 0 Å². The third-order valence-electron chi connectivity index (χ3n) is 5.63. The summed E-state index contributed by atoms with van der Waals surface area (Å²) >= 11 is 0. The van der Waals surface area contributed by atoms with Gasteiger partial charge in [-0.15, -0.1) is 0 Å². The summed E-state index contributed by atoms with van der Waals surface area (Å²) < 4.78 is 0. The minimum absolute atomic E-state index is 0.0547. The Morgan fingerprint density at radius 3 is 2.78 bits per heavy atom. The molecule has 0 unspecified atom stereocenters. The molecular formula is C19H29N3O. The molecule has 0 saturated heterocycles. The Morgan fingerprint density at radius 2 is 2.04 bits per heavy atom. The SMILES string of the molecule is CC1=C(CCN2CCc3c(nc(C)[nH]c3=O)C2)C(C)(C)CCC1. The molecule has 0 spiro atoms. The summed E-state index contributed by atoms with van der Waals surface area (Å²) in [5.74, 6) is 0.725. The molecule has 0 amide bonds. The summed E-state index contributed by atoms with van der Waals surface area (Å²) in [6, 6.07) is 0. The van der Waals surface area contributed by atoms with Gasteiger partial charge in [-0.25, -0.2) is 4.98 Å². The molecule has 2 aliphatic rings. The van der Waals surface area contributed by atoms with Gasteiger partial charge >= 0.3 is 0 Å². The number of rotatable bonds is 3. The first-order valence-corrected chi connectivity index (χ1v) is 8.87. The molecule has 2 heterocycles. The van der Waals surface area contributed by atoms with Gasteiger partial charge in [-0.1, -0.05) is 25.0 Å². The molecule has 0 saturated carbocycles. The van der Waals surface area contributed by atoms with Gasteiger partial charge in [-0.2, -0.15) is 0 Å². The van der Waals surface area contributed by atoms with Crippen molar-refractivity contribution in [2.75, 3.05) is 13.1 Å². The summed E-state index contributed by atoms with van der Waals surface area (Å²) in [7, 11) is 0. The van der Waals surface area contributed by atoms with Crippen molar-refractivity contribution < 1.29 is 0 Å². The molecule has 1 aromatic rings. The summed E-state index contributed by atoms with van der Waals surface area (Å²) in [5.41, 5.74) is 5.53. The lowest BCUT2D eigenvalue weighted by Gasteiger charge is -2.36. The van der Waals surface area contributed by atoms with E-state index in [4.69, 9.17) is 0 Å². The summed E-state index contributed by atoms with van der Waals surface area (Å²) in [6.07, 6.45) is 5.86. The Bertz CT molecular complexity index is 684. The molecule has 126 valence electrons. The van der Waals surface area contributed by atoms with Crippen molar-refractivity contribution in [3.8, 4) is 0 Å². The van der Waals surface area contributed by atoms with Gasteiger partial charge in [0.1, 0.15) is 5.82 Å². The first-order valence-electron chi connectivity index (χ1n) is 8.87. The Balaban J connectivity index is 1.70. The van der Waals surface area contributed by atoms with Crippen LogP contribution in [-0.4, -0.2) is 28.0 Å². The summed E-state index contributed by atoms with van der Waals surface area (Å²) in [5, 5.41) is 0. The molecule has 1 N–H and O–H groups in total. The predicted molar refractivity (Wildman–Crippen MR) is 93.5 cm³/mol. The Kier molecular flexibility index (Phi) is 4.45. The van der Waals surface area contributed by atoms with Gasteiger partial charge in [0, 0.05) is 25.2 Å². The van der Waals surface area contributed by atoms with Gasteiger partial charge in [0.25, 0.3) is 5.56 Å². The number of H-pyrrole nitrogens is 1. The largest absolute Gasteiger partial charge is 0.311 e. The van der Waals surface area contributed by atoms with E-state index >= 15 is 0 Å². The van der Waals surface area contributed by atoms with Gasteiger partial charge in [-0.3, -0.25) is 9.69 Å². The first-order chi connectivity index (χ1) is 10.9. The maximum Gasteiger partial charge on any atom is 0.254 e. The zero-order valence-electron chi connectivity index (χ0n) is 15.0. The van der Waals surface area contributed by atoms with Crippen molar-refractivity contribution in [2.24, 2.45) is 5.41 Å². The van der Waals surface area contributed by atoms with Crippen molar-refractivity contribution in [3.05, 3.63) is 38.6 Å². The number of hydrogen-bond donors (Lipinski definition) is 1. The van der Waals surface area contributed by atoms with E-state index in [0.29, 0.717) is 5.41 Å². The van der Waals surface area contributed by atoms with Crippen LogP contribution in [0.5, 0.6) is 0 Å². The molecule has 3 rings (SSSR count). The van der Waals surface area contributed by atoms with E-state index in [0.717, 1.165) is 49.6 Å². The fourth-order valence-corrected chi connectivity index (χ4v) is 4.31. The lowest BCUT2D eigenvalue weighted by Crippen LogP contribution is -2.36. The van der Waals surface area contributed by atoms with Crippen LogP contribution in [0.2, 0.25) is 0 Å². The number of aromatic amines is 1. The average Bonchev–Trinajstić information content (AvgIpc) is 2.45. The minimum atomic E-state index is 0.0547. The van der Waals surface area contributed by atoms with Gasteiger partial charge in [0.15, 0.2) is 0 Å². The van der Waals surface area contributed by atoms with Gasteiger partial charge < -0.3 is 4.98 Å². The maximum absolute atomic E-state index is 12.0. The highest BCUT2D eigenvalue weighted by molar-refractivity contribution is 5.24. The lowest BCUT2D eigenvalue weighted by molar-refractivity contribution is 0.240. The van der Waals surface area contributed by atoms with Crippen LogP contribution in [0.1, 0.15) is 63.5 Å². The zero-order valence-corrected chi connectivity index (χ0v) is 15.0. The van der Waals surface area contributed by atoms with Crippen LogP contribution in [0.25, 0.3) is 0 Å². The smallest absolute Gasteiger partial charge is 0.254 e. The number of aromatic nitrogens is 2. The first kappa shape index (κ1) is 16.4. The molecule has 4 heteroatoms. The number of allylic oxidation sites excluding steroid dienone is 1. The minimum Gasteiger partial charge on any atom is -0.311 e. The summed E-state index contributed by atoms with van der Waals surface area (Å²) in [6.45, 7) is 11.8. The third kappa shape index (κ3) is 3.42. The molecule has 0 atom stereocenters. The van der Waals surface area contributed by atoms with Gasteiger partial charge in [0.05, 0.1) is 5.69 Å². The third-order valence-corrected chi connectivity index (χ3v) is 5.63. The van der Waals surface area contributed by atoms with Crippen molar-refractivity contribution >= 4 is 0 Å². The monoisotopic (exact) mass is 315 g/mol. The Morgan fingerprint density at radius 1 is 1.26 bits per heavy atom. The van der Waals surface area contributed by atoms with Crippen molar-refractivity contribution in [2.45, 2.75) is 66.3 Å². The van der Waals surface area contributed by atoms with Crippen molar-refractivity contribution in [1.82, 2.24) is 14.9 Å². The second kappa shape index (κ2) is 6.23. The standard InChI is InChI=1S/C19H29N3O/c1-13-6-5-9-19(3,4)16(13)8-11-22-10-7-15-17(12-22)20-14(2)21-18(15)23/h5-12H2,1-4H3,(H,20,21,23). The average molecular weight is 315 g/mol. The zero-order chi connectivity index (χ0) is 16.6. The van der Waals surface area contributed by atoms with E-state index in [2.05, 4.69) is 35.6 Å². The van der Waals surface area contributed by atoms with Gasteiger partial charge in [0.2, 0.25) is 0 Å². The molecule has 1 aliphatic heterocycles. The topological polar surface area (TPSA) is 49.0 Å². The van der Waals surface area contributed by atoms with Crippen LogP contribution < -0.4 is 5.56 Å². The van der Waals surface area contributed by atoms with E-state index in [-0.39, 0.29) is 5.56 Å². The van der Waals surface area contributed by atoms with E-state index in [1.54, 1.807) is 11.1 Å². The van der Waals surface area contributed by atoms with Crippen LogP contribution in [0.3, 0.4) is 0 Å². The fraction of sp³-hybridized carbons (Fsp3) is 0.684. The maximum atomic E-state index is 12.0. The van der Waals surface area contributed by atoms with Crippen LogP contribution in [0.4, 0.5) is 0 Å². The molecule has 0 fully saturated rings. The normalized spacial score (nSPS) is 21.4. The highest BCUT2D eigenvalue weighted by atomic mass is 16.1. The van der Waals surface area contributed by atoms with E-state index in [1.807, 2.05) is 6.92 Å². The van der Waals surface area contributed by atoms with Crippen molar-refractivity contribution in [1.29, 1.82) is 0 Å². The Hall–Kier alpha value is -1.42. The molecule has 1 aliphatic carbocycles.